The van der Waals surface area contributed by atoms with Gasteiger partial charge >= 0.3 is 0 Å². The summed E-state index contributed by atoms with van der Waals surface area (Å²) < 4.78 is 0. The van der Waals surface area contributed by atoms with Crippen LogP contribution in [0.5, 0.6) is 0 Å². The highest BCUT2D eigenvalue weighted by atomic mass is 16.1. The second-order valence-electron chi connectivity index (χ2n) is 6.40. The Morgan fingerprint density at radius 1 is 1.38 bits per heavy atom. The fourth-order valence-electron chi connectivity index (χ4n) is 3.14. The van der Waals surface area contributed by atoms with E-state index in [9.17, 15) is 4.79 Å². The third-order valence-electron chi connectivity index (χ3n) is 4.63. The topological polar surface area (TPSA) is 83.8 Å². The number of anilines is 1. The molecule has 1 aliphatic carbocycles. The van der Waals surface area contributed by atoms with E-state index in [1.807, 2.05) is 18.2 Å². The first-order valence-corrected chi connectivity index (χ1v) is 7.09. The number of nitrogens with two attached hydrogens (primary N) is 1. The number of carbonyl (C=O) groups excluding carboxylic acids is 1. The molecule has 0 radical (unpaired) electrons. The predicted octanol–water partition coefficient (Wildman–Crippen LogP) is 2.09. The Bertz CT molecular complexity index is 662. The molecule has 1 unspecified atom stereocenters. The first-order valence-electron chi connectivity index (χ1n) is 7.09. The number of amides is 1. The minimum Gasteiger partial charge on any atom is -0.382 e. The lowest BCUT2D eigenvalue weighted by Crippen LogP contribution is -2.35. The molecular weight excluding hydrogens is 264 g/mol. The summed E-state index contributed by atoms with van der Waals surface area (Å²) in [4.78, 5) is 12.1. The van der Waals surface area contributed by atoms with E-state index < -0.39 is 0 Å². The lowest BCUT2D eigenvalue weighted by molar-refractivity contribution is 0.0943. The molecule has 21 heavy (non-hydrogen) atoms. The summed E-state index contributed by atoms with van der Waals surface area (Å²) in [5, 5.41) is 9.42. The van der Waals surface area contributed by atoms with E-state index in [1.165, 1.54) is 5.56 Å². The van der Waals surface area contributed by atoms with Gasteiger partial charge in [0.1, 0.15) is 11.5 Å². The summed E-state index contributed by atoms with van der Waals surface area (Å²) in [6.45, 7) is 5.09. The second kappa shape index (κ2) is 4.62. The SMILES string of the molecule is CC1(C)CC1(CNC(=O)c1cc(N)n[nH]1)c1ccccc1. The molecule has 1 heterocycles. The summed E-state index contributed by atoms with van der Waals surface area (Å²) in [7, 11) is 0. The van der Waals surface area contributed by atoms with E-state index in [4.69, 9.17) is 5.73 Å². The number of carbonyl (C=O) groups is 1. The molecule has 1 aliphatic rings. The number of hydrogen-bond acceptors (Lipinski definition) is 3. The smallest absolute Gasteiger partial charge is 0.269 e. The van der Waals surface area contributed by atoms with Gasteiger partial charge in [-0.25, -0.2) is 0 Å². The summed E-state index contributed by atoms with van der Waals surface area (Å²) >= 11 is 0. The van der Waals surface area contributed by atoms with E-state index in [0.29, 0.717) is 18.1 Å². The summed E-state index contributed by atoms with van der Waals surface area (Å²) in [6, 6.07) is 11.9. The van der Waals surface area contributed by atoms with Crippen LogP contribution in [0, 0.1) is 5.41 Å². The van der Waals surface area contributed by atoms with Crippen molar-refractivity contribution in [3.8, 4) is 0 Å². The highest BCUT2D eigenvalue weighted by Gasteiger charge is 2.61. The minimum atomic E-state index is -0.169. The van der Waals surface area contributed by atoms with Crippen molar-refractivity contribution in [1.29, 1.82) is 0 Å². The summed E-state index contributed by atoms with van der Waals surface area (Å²) in [5.41, 5.74) is 7.40. The Hall–Kier alpha value is -2.30. The zero-order valence-corrected chi connectivity index (χ0v) is 12.3. The van der Waals surface area contributed by atoms with Crippen LogP contribution in [0.2, 0.25) is 0 Å². The number of benzene rings is 1. The van der Waals surface area contributed by atoms with Gasteiger partial charge < -0.3 is 11.1 Å². The third-order valence-corrected chi connectivity index (χ3v) is 4.63. The van der Waals surface area contributed by atoms with Crippen molar-refractivity contribution in [3.05, 3.63) is 47.7 Å². The normalized spacial score (nSPS) is 22.8. The average molecular weight is 284 g/mol. The van der Waals surface area contributed by atoms with Crippen molar-refractivity contribution in [2.75, 3.05) is 12.3 Å². The van der Waals surface area contributed by atoms with E-state index in [2.05, 4.69) is 41.5 Å². The summed E-state index contributed by atoms with van der Waals surface area (Å²) in [6.07, 6.45) is 1.06. The number of rotatable bonds is 4. The van der Waals surface area contributed by atoms with E-state index in [0.717, 1.165) is 6.42 Å². The van der Waals surface area contributed by atoms with Crippen LogP contribution >= 0.6 is 0 Å². The van der Waals surface area contributed by atoms with Crippen molar-refractivity contribution < 1.29 is 4.79 Å². The van der Waals surface area contributed by atoms with Crippen LogP contribution in [0.1, 0.15) is 36.3 Å². The molecule has 110 valence electrons. The summed E-state index contributed by atoms with van der Waals surface area (Å²) in [5.74, 6) is 0.155. The number of H-pyrrole nitrogens is 1. The first kappa shape index (κ1) is 13.7. The molecule has 2 aromatic rings. The van der Waals surface area contributed by atoms with Crippen molar-refractivity contribution in [2.24, 2.45) is 5.41 Å². The predicted molar refractivity (Wildman–Crippen MR) is 81.9 cm³/mol. The molecule has 1 fully saturated rings. The van der Waals surface area contributed by atoms with Gasteiger partial charge in [-0.3, -0.25) is 9.89 Å². The number of aromatic nitrogens is 2. The molecular formula is C16H20N4O. The lowest BCUT2D eigenvalue weighted by Gasteiger charge is -2.21. The van der Waals surface area contributed by atoms with Gasteiger partial charge in [0.05, 0.1) is 0 Å². The number of aromatic amines is 1. The van der Waals surface area contributed by atoms with E-state index in [-0.39, 0.29) is 16.7 Å². The molecule has 3 rings (SSSR count). The maximum Gasteiger partial charge on any atom is 0.269 e. The van der Waals surface area contributed by atoms with Gasteiger partial charge in [-0.2, -0.15) is 5.10 Å². The molecule has 5 heteroatoms. The third kappa shape index (κ3) is 2.28. The maximum absolute atomic E-state index is 12.1. The highest BCUT2D eigenvalue weighted by Crippen LogP contribution is 2.63. The van der Waals surface area contributed by atoms with Crippen LogP contribution in [0.4, 0.5) is 5.82 Å². The monoisotopic (exact) mass is 284 g/mol. The van der Waals surface area contributed by atoms with Gasteiger partial charge in [0.25, 0.3) is 5.91 Å². The Labute approximate surface area is 123 Å². The number of nitrogen functional groups attached to an aromatic ring is 1. The largest absolute Gasteiger partial charge is 0.382 e. The van der Waals surface area contributed by atoms with Crippen molar-refractivity contribution in [3.63, 3.8) is 0 Å². The molecule has 0 saturated heterocycles. The second-order valence-corrected chi connectivity index (χ2v) is 6.40. The molecule has 1 aromatic heterocycles. The molecule has 1 amide bonds. The van der Waals surface area contributed by atoms with E-state index >= 15 is 0 Å². The van der Waals surface area contributed by atoms with Gasteiger partial charge in [-0.05, 0) is 17.4 Å². The quantitative estimate of drug-likeness (QED) is 0.803. The molecule has 0 bridgehead atoms. The molecule has 1 aromatic carbocycles. The van der Waals surface area contributed by atoms with Gasteiger partial charge in [-0.1, -0.05) is 44.2 Å². The molecule has 0 spiro atoms. The first-order chi connectivity index (χ1) is 9.95. The minimum absolute atomic E-state index is 0.00941. The molecule has 5 nitrogen and oxygen atoms in total. The van der Waals surface area contributed by atoms with E-state index in [1.54, 1.807) is 6.07 Å². The van der Waals surface area contributed by atoms with Gasteiger partial charge in [0.15, 0.2) is 0 Å². The number of hydrogen-bond donors (Lipinski definition) is 3. The van der Waals surface area contributed by atoms with Crippen molar-refractivity contribution in [1.82, 2.24) is 15.5 Å². The van der Waals surface area contributed by atoms with Gasteiger partial charge in [-0.15, -0.1) is 0 Å². The van der Waals surface area contributed by atoms with Crippen LogP contribution in [0.25, 0.3) is 0 Å². The Morgan fingerprint density at radius 2 is 2.05 bits per heavy atom. The Morgan fingerprint density at radius 3 is 2.57 bits per heavy atom. The van der Waals surface area contributed by atoms with Gasteiger partial charge in [0.2, 0.25) is 0 Å². The number of nitrogens with zero attached hydrogens (tertiary/aromatic N) is 1. The average Bonchev–Trinajstić information content (AvgIpc) is 2.81. The van der Waals surface area contributed by atoms with Crippen LogP contribution in [0.15, 0.2) is 36.4 Å². The zero-order valence-electron chi connectivity index (χ0n) is 12.3. The van der Waals surface area contributed by atoms with Crippen molar-refractivity contribution in [2.45, 2.75) is 25.7 Å². The highest BCUT2D eigenvalue weighted by molar-refractivity contribution is 5.93. The fourth-order valence-corrected chi connectivity index (χ4v) is 3.14. The van der Waals surface area contributed by atoms with Crippen LogP contribution in [-0.2, 0) is 5.41 Å². The Balaban J connectivity index is 1.75. The molecule has 1 saturated carbocycles. The zero-order chi connectivity index (χ0) is 15.1. The Kier molecular flexibility index (Phi) is 3.01. The van der Waals surface area contributed by atoms with Crippen LogP contribution in [0.3, 0.4) is 0 Å². The molecule has 0 aliphatic heterocycles. The van der Waals surface area contributed by atoms with Crippen molar-refractivity contribution >= 4 is 11.7 Å². The molecule has 1 atom stereocenters. The number of nitrogens with one attached hydrogen (secondary N) is 2. The van der Waals surface area contributed by atoms with Crippen LogP contribution in [-0.4, -0.2) is 22.6 Å². The van der Waals surface area contributed by atoms with Crippen LogP contribution < -0.4 is 11.1 Å². The lowest BCUT2D eigenvalue weighted by atomic mass is 9.88. The van der Waals surface area contributed by atoms with Gasteiger partial charge in [0, 0.05) is 18.0 Å². The fraction of sp³-hybridized carbons (Fsp3) is 0.375. The molecule has 4 N–H and O–H groups in total. The standard InChI is InChI=1S/C16H20N4O/c1-15(2)9-16(15,11-6-4-3-5-7-11)10-18-14(21)12-8-13(17)20-19-12/h3-8H,9-10H2,1-2H3,(H,18,21)(H3,17,19,20). The maximum atomic E-state index is 12.1.